The first-order valence-electron chi connectivity index (χ1n) is 6.19. The maximum atomic E-state index is 5.30. The van der Waals surface area contributed by atoms with Crippen molar-refractivity contribution in [2.75, 3.05) is 6.54 Å². The van der Waals surface area contributed by atoms with Crippen LogP contribution in [0.25, 0.3) is 0 Å². The van der Waals surface area contributed by atoms with E-state index in [4.69, 9.17) is 12.2 Å². The summed E-state index contributed by atoms with van der Waals surface area (Å²) >= 11 is 5.30. The van der Waals surface area contributed by atoms with Crippen LogP contribution in [0, 0.1) is 11.8 Å². The van der Waals surface area contributed by atoms with Gasteiger partial charge in [-0.1, -0.05) is 32.4 Å². The first kappa shape index (κ1) is 13.5. The molecule has 16 heavy (non-hydrogen) atoms. The van der Waals surface area contributed by atoms with Crippen LogP contribution >= 0.6 is 12.2 Å². The van der Waals surface area contributed by atoms with Gasteiger partial charge < -0.3 is 10.6 Å². The first-order chi connectivity index (χ1) is 7.50. The number of nitrogens with one attached hydrogen (secondary N) is 2. The molecule has 1 fully saturated rings. The predicted molar refractivity (Wildman–Crippen MR) is 74.5 cm³/mol. The van der Waals surface area contributed by atoms with Gasteiger partial charge in [0.1, 0.15) is 0 Å². The van der Waals surface area contributed by atoms with E-state index in [0.29, 0.717) is 17.9 Å². The molecule has 1 aliphatic rings. The standard InChI is InChI=1S/C13H24N2S/c1-9(2)8-14-13(16)15-12-10(3)6-5-7-11(12)4/h10-12H,1,5-8H2,2-4H3,(H2,14,15,16). The molecule has 0 radical (unpaired) electrons. The highest BCUT2D eigenvalue weighted by molar-refractivity contribution is 7.80. The molecule has 3 heteroatoms. The van der Waals surface area contributed by atoms with Crippen molar-refractivity contribution in [2.45, 2.75) is 46.1 Å². The molecule has 0 amide bonds. The van der Waals surface area contributed by atoms with E-state index in [9.17, 15) is 0 Å². The number of thiocarbonyl (C=S) groups is 1. The highest BCUT2D eigenvalue weighted by Gasteiger charge is 2.27. The third-order valence-corrected chi connectivity index (χ3v) is 3.66. The Morgan fingerprint density at radius 3 is 2.38 bits per heavy atom. The lowest BCUT2D eigenvalue weighted by molar-refractivity contribution is 0.231. The summed E-state index contributed by atoms with van der Waals surface area (Å²) in [6, 6.07) is 0.527. The summed E-state index contributed by atoms with van der Waals surface area (Å²) in [5, 5.41) is 7.42. The molecule has 0 saturated heterocycles. The highest BCUT2D eigenvalue weighted by Crippen LogP contribution is 2.28. The van der Waals surface area contributed by atoms with E-state index in [-0.39, 0.29) is 0 Å². The largest absolute Gasteiger partial charge is 0.359 e. The van der Waals surface area contributed by atoms with Crippen molar-refractivity contribution in [3.8, 4) is 0 Å². The number of rotatable bonds is 3. The molecule has 0 heterocycles. The van der Waals surface area contributed by atoms with E-state index in [0.717, 1.165) is 17.2 Å². The fraction of sp³-hybridized carbons (Fsp3) is 0.769. The maximum Gasteiger partial charge on any atom is 0.166 e. The predicted octanol–water partition coefficient (Wildman–Crippen LogP) is 2.85. The van der Waals surface area contributed by atoms with Crippen LogP contribution in [-0.2, 0) is 0 Å². The molecule has 1 rings (SSSR count). The van der Waals surface area contributed by atoms with E-state index in [2.05, 4.69) is 31.1 Å². The van der Waals surface area contributed by atoms with Crippen molar-refractivity contribution in [1.82, 2.24) is 10.6 Å². The summed E-state index contributed by atoms with van der Waals surface area (Å²) in [4.78, 5) is 0. The molecule has 2 N–H and O–H groups in total. The molecule has 0 aromatic carbocycles. The van der Waals surface area contributed by atoms with Gasteiger partial charge in [-0.15, -0.1) is 0 Å². The van der Waals surface area contributed by atoms with Gasteiger partial charge in [-0.25, -0.2) is 0 Å². The second-order valence-corrected chi connectivity index (χ2v) is 5.60. The van der Waals surface area contributed by atoms with Gasteiger partial charge in [0, 0.05) is 12.6 Å². The Balaban J connectivity index is 2.39. The van der Waals surface area contributed by atoms with Crippen molar-refractivity contribution in [3.05, 3.63) is 12.2 Å². The van der Waals surface area contributed by atoms with Crippen molar-refractivity contribution < 1.29 is 0 Å². The Morgan fingerprint density at radius 2 is 1.88 bits per heavy atom. The molecule has 0 aromatic rings. The lowest BCUT2D eigenvalue weighted by Crippen LogP contribution is -2.49. The van der Waals surface area contributed by atoms with Gasteiger partial charge in [0.15, 0.2) is 5.11 Å². The van der Waals surface area contributed by atoms with Gasteiger partial charge >= 0.3 is 0 Å². The third-order valence-electron chi connectivity index (χ3n) is 3.39. The Bertz CT molecular complexity index is 253. The Morgan fingerprint density at radius 1 is 1.31 bits per heavy atom. The minimum atomic E-state index is 0.527. The summed E-state index contributed by atoms with van der Waals surface area (Å²) in [6.07, 6.45) is 3.97. The van der Waals surface area contributed by atoms with E-state index in [1.165, 1.54) is 19.3 Å². The van der Waals surface area contributed by atoms with Gasteiger partial charge in [-0.3, -0.25) is 0 Å². The van der Waals surface area contributed by atoms with Crippen LogP contribution in [0.2, 0.25) is 0 Å². The average molecular weight is 240 g/mol. The van der Waals surface area contributed by atoms with E-state index >= 15 is 0 Å². The van der Waals surface area contributed by atoms with Crippen LogP contribution in [0.1, 0.15) is 40.0 Å². The monoisotopic (exact) mass is 240 g/mol. The molecule has 0 bridgehead atoms. The van der Waals surface area contributed by atoms with Gasteiger partial charge in [-0.2, -0.15) is 0 Å². The van der Waals surface area contributed by atoms with E-state index in [1.807, 2.05) is 6.92 Å². The molecule has 2 atom stereocenters. The van der Waals surface area contributed by atoms with E-state index in [1.54, 1.807) is 0 Å². The molecule has 1 saturated carbocycles. The smallest absolute Gasteiger partial charge is 0.166 e. The number of hydrogen-bond acceptors (Lipinski definition) is 1. The molecular weight excluding hydrogens is 216 g/mol. The molecular formula is C13H24N2S. The van der Waals surface area contributed by atoms with Crippen LogP contribution in [0.4, 0.5) is 0 Å². The zero-order valence-electron chi connectivity index (χ0n) is 10.7. The summed E-state index contributed by atoms with van der Waals surface area (Å²) < 4.78 is 0. The SMILES string of the molecule is C=C(C)CNC(=S)NC1C(C)CCCC1C. The zero-order valence-corrected chi connectivity index (χ0v) is 11.5. The molecule has 0 spiro atoms. The molecule has 0 aliphatic heterocycles. The average Bonchev–Trinajstić information content (AvgIpc) is 2.21. The van der Waals surface area contributed by atoms with Gasteiger partial charge in [0.25, 0.3) is 0 Å². The Hall–Kier alpha value is -0.570. The normalized spacial score (nSPS) is 29.6. The van der Waals surface area contributed by atoms with Crippen LogP contribution in [0.5, 0.6) is 0 Å². The molecule has 1 aliphatic carbocycles. The van der Waals surface area contributed by atoms with Crippen LogP contribution in [0.3, 0.4) is 0 Å². The second-order valence-electron chi connectivity index (χ2n) is 5.20. The minimum absolute atomic E-state index is 0.527. The summed E-state index contributed by atoms with van der Waals surface area (Å²) in [5.41, 5.74) is 1.11. The lowest BCUT2D eigenvalue weighted by Gasteiger charge is -2.36. The lowest BCUT2D eigenvalue weighted by atomic mass is 9.79. The summed E-state index contributed by atoms with van der Waals surface area (Å²) in [7, 11) is 0. The van der Waals surface area contributed by atoms with Gasteiger partial charge in [0.2, 0.25) is 0 Å². The topological polar surface area (TPSA) is 24.1 Å². The fourth-order valence-corrected chi connectivity index (χ4v) is 2.61. The van der Waals surface area contributed by atoms with Gasteiger partial charge in [0.05, 0.1) is 0 Å². The second kappa shape index (κ2) is 6.24. The van der Waals surface area contributed by atoms with Crippen LogP contribution in [-0.4, -0.2) is 17.7 Å². The fourth-order valence-electron chi connectivity index (χ4n) is 2.40. The Labute approximate surface area is 105 Å². The third kappa shape index (κ3) is 4.12. The highest BCUT2D eigenvalue weighted by atomic mass is 32.1. The Kier molecular flexibility index (Phi) is 5.26. The molecule has 92 valence electrons. The van der Waals surface area contributed by atoms with Gasteiger partial charge in [-0.05, 0) is 43.8 Å². The summed E-state index contributed by atoms with van der Waals surface area (Å²) in [5.74, 6) is 1.43. The zero-order chi connectivity index (χ0) is 12.1. The van der Waals surface area contributed by atoms with Crippen molar-refractivity contribution in [1.29, 1.82) is 0 Å². The molecule has 2 unspecified atom stereocenters. The summed E-state index contributed by atoms with van der Waals surface area (Å²) in [6.45, 7) is 11.2. The minimum Gasteiger partial charge on any atom is -0.359 e. The van der Waals surface area contributed by atoms with Crippen molar-refractivity contribution in [3.63, 3.8) is 0 Å². The number of hydrogen-bond donors (Lipinski definition) is 2. The molecule has 0 aromatic heterocycles. The molecule has 2 nitrogen and oxygen atoms in total. The van der Waals surface area contributed by atoms with Crippen LogP contribution < -0.4 is 10.6 Å². The quantitative estimate of drug-likeness (QED) is 0.586. The van der Waals surface area contributed by atoms with Crippen molar-refractivity contribution in [2.24, 2.45) is 11.8 Å². The van der Waals surface area contributed by atoms with Crippen LogP contribution in [0.15, 0.2) is 12.2 Å². The first-order valence-corrected chi connectivity index (χ1v) is 6.60. The van der Waals surface area contributed by atoms with Crippen molar-refractivity contribution >= 4 is 17.3 Å². The van der Waals surface area contributed by atoms with E-state index < -0.39 is 0 Å². The maximum absolute atomic E-state index is 5.30.